The topological polar surface area (TPSA) is 97.0 Å². The monoisotopic (exact) mass is 448 g/mol. The fraction of sp³-hybridized carbons (Fsp3) is 0.250. The molecule has 1 N–H and O–H groups in total. The first-order valence-corrected chi connectivity index (χ1v) is 10.9. The molecular formula is C24H24N4O3S. The zero-order chi connectivity index (χ0) is 23.3. The maximum Gasteiger partial charge on any atom is 0.331 e. The first kappa shape index (κ1) is 23.0. The second kappa shape index (κ2) is 10.1. The number of thiophene rings is 1. The molecule has 3 aromatic rings. The standard InChI is InChI=1S/C24H24N4O3S/c1-15-5-7-19(8-6-15)14-28-17(3)21(16(2)27-28)9-10-22(29)31-18(4)23(30)26-24-20(13-25)11-12-32-24/h5-12,18H,14H2,1-4H3,(H,26,30)/b10-9+. The highest BCUT2D eigenvalue weighted by atomic mass is 32.1. The van der Waals surface area contributed by atoms with Gasteiger partial charge in [-0.25, -0.2) is 4.79 Å². The second-order valence-corrected chi connectivity index (χ2v) is 8.32. The maximum absolute atomic E-state index is 12.3. The van der Waals surface area contributed by atoms with Crippen LogP contribution in [0.15, 0.2) is 41.8 Å². The normalized spacial score (nSPS) is 11.8. The molecule has 0 aliphatic carbocycles. The number of anilines is 1. The van der Waals surface area contributed by atoms with Crippen LogP contribution in [-0.2, 0) is 20.9 Å². The van der Waals surface area contributed by atoms with Gasteiger partial charge in [-0.15, -0.1) is 11.3 Å². The highest BCUT2D eigenvalue weighted by molar-refractivity contribution is 7.14. The summed E-state index contributed by atoms with van der Waals surface area (Å²) in [6.45, 7) is 7.99. The van der Waals surface area contributed by atoms with E-state index in [9.17, 15) is 9.59 Å². The van der Waals surface area contributed by atoms with Crippen LogP contribution in [0.2, 0.25) is 0 Å². The van der Waals surface area contributed by atoms with Gasteiger partial charge < -0.3 is 10.1 Å². The third-order valence-corrected chi connectivity index (χ3v) is 5.79. The Hall–Kier alpha value is -3.70. The molecule has 2 aromatic heterocycles. The van der Waals surface area contributed by atoms with E-state index in [1.54, 1.807) is 17.5 Å². The van der Waals surface area contributed by atoms with Gasteiger partial charge in [-0.1, -0.05) is 29.8 Å². The Bertz CT molecular complexity index is 1200. The SMILES string of the molecule is Cc1ccc(Cn2nc(C)c(/C=C/C(=O)OC(C)C(=O)Nc3sccc3C#N)c2C)cc1. The number of aromatic nitrogens is 2. The van der Waals surface area contributed by atoms with Crippen molar-refractivity contribution in [2.45, 2.75) is 40.3 Å². The summed E-state index contributed by atoms with van der Waals surface area (Å²) in [6.07, 6.45) is 1.94. The van der Waals surface area contributed by atoms with E-state index in [0.29, 0.717) is 17.1 Å². The lowest BCUT2D eigenvalue weighted by molar-refractivity contribution is -0.148. The number of nitrogens with zero attached hydrogens (tertiary/aromatic N) is 3. The van der Waals surface area contributed by atoms with Gasteiger partial charge in [0, 0.05) is 17.3 Å². The molecule has 1 unspecified atom stereocenters. The summed E-state index contributed by atoms with van der Waals surface area (Å²) in [6, 6.07) is 11.9. The Balaban J connectivity index is 1.62. The van der Waals surface area contributed by atoms with Crippen LogP contribution in [0.4, 0.5) is 5.00 Å². The van der Waals surface area contributed by atoms with Crippen LogP contribution < -0.4 is 5.32 Å². The molecule has 1 aromatic carbocycles. The number of nitrogens with one attached hydrogen (secondary N) is 1. The minimum absolute atomic E-state index is 0.371. The molecule has 0 saturated heterocycles. The molecule has 0 aliphatic heterocycles. The minimum atomic E-state index is -1.01. The molecule has 0 bridgehead atoms. The third-order valence-electron chi connectivity index (χ3n) is 4.96. The predicted octanol–water partition coefficient (Wildman–Crippen LogP) is 4.37. The van der Waals surface area contributed by atoms with Gasteiger partial charge in [-0.3, -0.25) is 9.48 Å². The van der Waals surface area contributed by atoms with Crippen molar-refractivity contribution < 1.29 is 14.3 Å². The molecule has 1 atom stereocenters. The molecule has 2 heterocycles. The molecule has 0 saturated carbocycles. The zero-order valence-corrected chi connectivity index (χ0v) is 19.2. The van der Waals surface area contributed by atoms with Crippen molar-refractivity contribution in [3.63, 3.8) is 0 Å². The zero-order valence-electron chi connectivity index (χ0n) is 18.4. The number of hydrogen-bond acceptors (Lipinski definition) is 6. The molecule has 8 heteroatoms. The van der Waals surface area contributed by atoms with Crippen LogP contribution >= 0.6 is 11.3 Å². The number of ether oxygens (including phenoxy) is 1. The van der Waals surface area contributed by atoms with E-state index < -0.39 is 18.0 Å². The molecule has 0 fully saturated rings. The predicted molar refractivity (Wildman–Crippen MR) is 124 cm³/mol. The quantitative estimate of drug-likeness (QED) is 0.427. The molecule has 7 nitrogen and oxygen atoms in total. The lowest BCUT2D eigenvalue weighted by Crippen LogP contribution is -2.29. The summed E-state index contributed by atoms with van der Waals surface area (Å²) >= 11 is 1.23. The lowest BCUT2D eigenvalue weighted by Gasteiger charge is -2.11. The van der Waals surface area contributed by atoms with Gasteiger partial charge in [0.1, 0.15) is 11.1 Å². The van der Waals surface area contributed by atoms with Crippen LogP contribution in [0.1, 0.15) is 40.6 Å². The first-order valence-electron chi connectivity index (χ1n) is 10.0. The van der Waals surface area contributed by atoms with E-state index in [2.05, 4.69) is 34.7 Å². The van der Waals surface area contributed by atoms with Crippen molar-refractivity contribution in [3.05, 3.63) is 75.4 Å². The van der Waals surface area contributed by atoms with Crippen LogP contribution in [-0.4, -0.2) is 27.8 Å². The fourth-order valence-corrected chi connectivity index (χ4v) is 3.84. The van der Waals surface area contributed by atoms with E-state index in [-0.39, 0.29) is 0 Å². The Morgan fingerprint density at radius 3 is 2.66 bits per heavy atom. The van der Waals surface area contributed by atoms with Gasteiger partial charge in [-0.2, -0.15) is 10.4 Å². The number of benzene rings is 1. The van der Waals surface area contributed by atoms with Crippen LogP contribution in [0.3, 0.4) is 0 Å². The number of aryl methyl sites for hydroxylation is 2. The molecule has 0 spiro atoms. The number of esters is 1. The first-order chi connectivity index (χ1) is 15.3. The van der Waals surface area contributed by atoms with E-state index in [0.717, 1.165) is 22.5 Å². The molecule has 32 heavy (non-hydrogen) atoms. The Morgan fingerprint density at radius 1 is 1.25 bits per heavy atom. The smallest absolute Gasteiger partial charge is 0.331 e. The van der Waals surface area contributed by atoms with E-state index >= 15 is 0 Å². The molecule has 0 radical (unpaired) electrons. The van der Waals surface area contributed by atoms with Gasteiger partial charge >= 0.3 is 5.97 Å². The average Bonchev–Trinajstić information content (AvgIpc) is 3.31. The average molecular weight is 449 g/mol. The number of rotatable bonds is 7. The fourth-order valence-electron chi connectivity index (χ4n) is 3.10. The van der Waals surface area contributed by atoms with Gasteiger partial charge in [0.25, 0.3) is 5.91 Å². The van der Waals surface area contributed by atoms with Crippen molar-refractivity contribution >= 4 is 34.3 Å². The lowest BCUT2D eigenvalue weighted by atomic mass is 10.1. The van der Waals surface area contributed by atoms with Gasteiger partial charge in [-0.05, 0) is 50.8 Å². The Kier molecular flexibility index (Phi) is 7.23. The van der Waals surface area contributed by atoms with Crippen LogP contribution in [0.25, 0.3) is 6.08 Å². The maximum atomic E-state index is 12.3. The summed E-state index contributed by atoms with van der Waals surface area (Å²) in [5.74, 6) is -1.13. The van der Waals surface area contributed by atoms with E-state index in [1.165, 1.54) is 29.9 Å². The highest BCUT2D eigenvalue weighted by Gasteiger charge is 2.19. The van der Waals surface area contributed by atoms with Crippen molar-refractivity contribution in [2.24, 2.45) is 0 Å². The van der Waals surface area contributed by atoms with Gasteiger partial charge in [0.15, 0.2) is 6.10 Å². The highest BCUT2D eigenvalue weighted by Crippen LogP contribution is 2.22. The summed E-state index contributed by atoms with van der Waals surface area (Å²) in [5.41, 5.74) is 5.28. The largest absolute Gasteiger partial charge is 0.449 e. The minimum Gasteiger partial charge on any atom is -0.449 e. The molecule has 1 amide bonds. The summed E-state index contributed by atoms with van der Waals surface area (Å²) in [5, 5.41) is 18.4. The van der Waals surface area contributed by atoms with E-state index in [4.69, 9.17) is 10.00 Å². The van der Waals surface area contributed by atoms with E-state index in [1.807, 2.05) is 31.5 Å². The Labute approximate surface area is 190 Å². The van der Waals surface area contributed by atoms with Crippen molar-refractivity contribution in [2.75, 3.05) is 5.32 Å². The van der Waals surface area contributed by atoms with Gasteiger partial charge in [0.2, 0.25) is 0 Å². The van der Waals surface area contributed by atoms with Crippen LogP contribution in [0.5, 0.6) is 0 Å². The summed E-state index contributed by atoms with van der Waals surface area (Å²) < 4.78 is 7.10. The van der Waals surface area contributed by atoms with Crippen LogP contribution in [0, 0.1) is 32.1 Å². The summed E-state index contributed by atoms with van der Waals surface area (Å²) in [7, 11) is 0. The van der Waals surface area contributed by atoms with Gasteiger partial charge in [0.05, 0.1) is 17.8 Å². The van der Waals surface area contributed by atoms with Crippen molar-refractivity contribution in [1.29, 1.82) is 5.26 Å². The number of carbonyl (C=O) groups is 2. The van der Waals surface area contributed by atoms with Crippen molar-refractivity contribution in [3.8, 4) is 6.07 Å². The molecular weight excluding hydrogens is 424 g/mol. The molecule has 3 rings (SSSR count). The molecule has 164 valence electrons. The second-order valence-electron chi connectivity index (χ2n) is 7.40. The Morgan fingerprint density at radius 2 is 1.97 bits per heavy atom. The number of nitriles is 1. The molecule has 0 aliphatic rings. The third kappa shape index (κ3) is 5.50. The van der Waals surface area contributed by atoms with Crippen molar-refractivity contribution in [1.82, 2.24) is 9.78 Å². The number of amides is 1. The number of carbonyl (C=O) groups excluding carboxylic acids is 2. The number of hydrogen-bond donors (Lipinski definition) is 1. The summed E-state index contributed by atoms with van der Waals surface area (Å²) in [4.78, 5) is 24.5.